The third-order valence-electron chi connectivity index (χ3n) is 5.09. The number of hydrogen-bond donors (Lipinski definition) is 0. The van der Waals surface area contributed by atoms with Crippen LogP contribution in [0.1, 0.15) is 97.3 Å². The maximum atomic E-state index is 12.2. The van der Waals surface area contributed by atoms with Gasteiger partial charge >= 0.3 is 5.97 Å². The molecule has 148 valence electrons. The van der Waals surface area contributed by atoms with Gasteiger partial charge in [-0.15, -0.1) is 0 Å². The summed E-state index contributed by atoms with van der Waals surface area (Å²) in [6, 6.07) is 0. The minimum absolute atomic E-state index is 0.0402. The molecule has 1 unspecified atom stereocenters. The summed E-state index contributed by atoms with van der Waals surface area (Å²) in [6.45, 7) is 4.98. The summed E-state index contributed by atoms with van der Waals surface area (Å²) in [5.74, 6) is 0.227. The monoisotopic (exact) mass is 362 g/mol. The van der Waals surface area contributed by atoms with Gasteiger partial charge in [-0.25, -0.2) is 4.79 Å². The van der Waals surface area contributed by atoms with Gasteiger partial charge in [0.1, 0.15) is 0 Å². The first kappa shape index (κ1) is 22.7. The van der Waals surface area contributed by atoms with Gasteiger partial charge < -0.3 is 4.74 Å². The highest BCUT2D eigenvalue weighted by Gasteiger charge is 2.16. The number of allylic oxidation sites excluding steroid dienone is 2. The standard InChI is InChI=1S/C23H38O3/c1-3-5-7-9-10-12-14-20(13-11-8-6-4-2)19-26-23(25)21-15-17-22(24)18-16-21/h15-17,20H,3-14,18-19H2,1-2H3. The lowest BCUT2D eigenvalue weighted by Crippen LogP contribution is -2.16. The molecule has 1 aliphatic carbocycles. The topological polar surface area (TPSA) is 43.4 Å². The molecule has 0 heterocycles. The highest BCUT2D eigenvalue weighted by Crippen LogP contribution is 2.20. The fraction of sp³-hybridized carbons (Fsp3) is 0.739. The maximum Gasteiger partial charge on any atom is 0.337 e. The normalized spacial score (nSPS) is 15.0. The lowest BCUT2D eigenvalue weighted by Gasteiger charge is -2.17. The molecule has 1 atom stereocenters. The molecule has 0 bridgehead atoms. The molecule has 0 aliphatic heterocycles. The summed E-state index contributed by atoms with van der Waals surface area (Å²) in [4.78, 5) is 23.4. The van der Waals surface area contributed by atoms with Crippen molar-refractivity contribution in [1.82, 2.24) is 0 Å². The molecular weight excluding hydrogens is 324 g/mol. The Morgan fingerprint density at radius 3 is 2.08 bits per heavy atom. The molecule has 0 aromatic carbocycles. The quantitative estimate of drug-likeness (QED) is 0.253. The molecule has 0 aromatic heterocycles. The van der Waals surface area contributed by atoms with Crippen LogP contribution < -0.4 is 0 Å². The molecular formula is C23H38O3. The molecule has 3 heteroatoms. The molecule has 1 aliphatic rings. The van der Waals surface area contributed by atoms with E-state index in [1.54, 1.807) is 12.2 Å². The van der Waals surface area contributed by atoms with Gasteiger partial charge in [-0.1, -0.05) is 84.1 Å². The van der Waals surface area contributed by atoms with Crippen LogP contribution in [0.25, 0.3) is 0 Å². The Morgan fingerprint density at radius 1 is 0.923 bits per heavy atom. The van der Waals surface area contributed by atoms with E-state index in [1.807, 2.05) is 0 Å². The second kappa shape index (κ2) is 14.8. The van der Waals surface area contributed by atoms with Gasteiger partial charge in [0, 0.05) is 6.42 Å². The van der Waals surface area contributed by atoms with E-state index >= 15 is 0 Å². The lowest BCUT2D eigenvalue weighted by atomic mass is 9.95. The number of hydrogen-bond acceptors (Lipinski definition) is 3. The van der Waals surface area contributed by atoms with E-state index in [1.165, 1.54) is 70.3 Å². The molecule has 0 saturated heterocycles. The Bertz CT molecular complexity index is 462. The van der Waals surface area contributed by atoms with Gasteiger partial charge in [0.25, 0.3) is 0 Å². The first-order valence-electron chi connectivity index (χ1n) is 10.8. The van der Waals surface area contributed by atoms with E-state index in [2.05, 4.69) is 13.8 Å². The molecule has 0 amide bonds. The van der Waals surface area contributed by atoms with Gasteiger partial charge in [-0.3, -0.25) is 4.79 Å². The van der Waals surface area contributed by atoms with E-state index in [0.717, 1.165) is 12.8 Å². The van der Waals surface area contributed by atoms with Crippen molar-refractivity contribution >= 4 is 11.8 Å². The number of ether oxygens (including phenoxy) is 1. The van der Waals surface area contributed by atoms with Crippen LogP contribution in [0.3, 0.4) is 0 Å². The first-order chi connectivity index (χ1) is 12.7. The second-order valence-corrected chi connectivity index (χ2v) is 7.53. The van der Waals surface area contributed by atoms with Crippen LogP contribution in [0.5, 0.6) is 0 Å². The number of ketones is 1. The molecule has 0 fully saturated rings. The zero-order valence-corrected chi connectivity index (χ0v) is 16.9. The fourth-order valence-electron chi connectivity index (χ4n) is 3.34. The van der Waals surface area contributed by atoms with Crippen molar-refractivity contribution in [3.8, 4) is 0 Å². The number of unbranched alkanes of at least 4 members (excludes halogenated alkanes) is 8. The Hall–Kier alpha value is -1.38. The third-order valence-corrected chi connectivity index (χ3v) is 5.09. The third kappa shape index (κ3) is 10.6. The Balaban J connectivity index is 2.33. The maximum absolute atomic E-state index is 12.2. The Labute approximate surface area is 160 Å². The smallest absolute Gasteiger partial charge is 0.337 e. The first-order valence-corrected chi connectivity index (χ1v) is 10.8. The lowest BCUT2D eigenvalue weighted by molar-refractivity contribution is -0.140. The molecule has 0 saturated carbocycles. The summed E-state index contributed by atoms with van der Waals surface area (Å²) < 4.78 is 5.56. The average Bonchev–Trinajstić information content (AvgIpc) is 2.65. The minimum Gasteiger partial charge on any atom is -0.462 e. The van der Waals surface area contributed by atoms with Crippen molar-refractivity contribution in [3.05, 3.63) is 23.8 Å². The van der Waals surface area contributed by atoms with Crippen LogP contribution in [0.2, 0.25) is 0 Å². The van der Waals surface area contributed by atoms with Gasteiger partial charge in [0.2, 0.25) is 0 Å². The van der Waals surface area contributed by atoms with Crippen LogP contribution in [-0.2, 0) is 14.3 Å². The highest BCUT2D eigenvalue weighted by atomic mass is 16.5. The van der Waals surface area contributed by atoms with E-state index < -0.39 is 0 Å². The molecule has 0 spiro atoms. The van der Waals surface area contributed by atoms with E-state index in [9.17, 15) is 9.59 Å². The summed E-state index contributed by atoms with van der Waals surface area (Å²) in [6.07, 6.45) is 20.2. The van der Waals surface area contributed by atoms with Gasteiger partial charge in [0.15, 0.2) is 5.78 Å². The van der Waals surface area contributed by atoms with E-state index in [0.29, 0.717) is 24.5 Å². The summed E-state index contributed by atoms with van der Waals surface area (Å²) in [7, 11) is 0. The predicted octanol–water partition coefficient (Wildman–Crippen LogP) is 6.32. The van der Waals surface area contributed by atoms with Crippen LogP contribution in [0.15, 0.2) is 23.8 Å². The van der Waals surface area contributed by atoms with E-state index in [4.69, 9.17) is 4.74 Å². The van der Waals surface area contributed by atoms with Crippen molar-refractivity contribution < 1.29 is 14.3 Å². The Morgan fingerprint density at radius 2 is 1.50 bits per heavy atom. The zero-order valence-electron chi connectivity index (χ0n) is 16.9. The number of carbonyl (C=O) groups is 2. The SMILES string of the molecule is CCCCCCCCC(CCCCCC)COC(=O)C1=CCC(=O)C=C1. The Kier molecular flexibility index (Phi) is 12.9. The molecule has 26 heavy (non-hydrogen) atoms. The van der Waals surface area contributed by atoms with Crippen molar-refractivity contribution in [2.24, 2.45) is 5.92 Å². The van der Waals surface area contributed by atoms with Gasteiger partial charge in [0.05, 0.1) is 12.2 Å². The van der Waals surface area contributed by atoms with E-state index in [-0.39, 0.29) is 11.8 Å². The van der Waals surface area contributed by atoms with Crippen LogP contribution in [0, 0.1) is 5.92 Å². The molecule has 1 rings (SSSR count). The second-order valence-electron chi connectivity index (χ2n) is 7.53. The number of rotatable bonds is 15. The van der Waals surface area contributed by atoms with Crippen molar-refractivity contribution in [2.75, 3.05) is 6.61 Å². The summed E-state index contributed by atoms with van der Waals surface area (Å²) in [5.41, 5.74) is 0.522. The van der Waals surface area contributed by atoms with Gasteiger partial charge in [-0.05, 0) is 30.9 Å². The number of esters is 1. The van der Waals surface area contributed by atoms with Crippen LogP contribution in [-0.4, -0.2) is 18.4 Å². The minimum atomic E-state index is -0.282. The van der Waals surface area contributed by atoms with Gasteiger partial charge in [-0.2, -0.15) is 0 Å². The van der Waals surface area contributed by atoms with Crippen LogP contribution >= 0.6 is 0 Å². The molecule has 0 radical (unpaired) electrons. The van der Waals surface area contributed by atoms with Crippen LogP contribution in [0.4, 0.5) is 0 Å². The van der Waals surface area contributed by atoms with Crippen molar-refractivity contribution in [1.29, 1.82) is 0 Å². The predicted molar refractivity (Wildman–Crippen MR) is 108 cm³/mol. The molecule has 0 aromatic rings. The molecule has 0 N–H and O–H groups in total. The number of carbonyl (C=O) groups excluding carboxylic acids is 2. The zero-order chi connectivity index (χ0) is 19.0. The molecule has 3 nitrogen and oxygen atoms in total. The van der Waals surface area contributed by atoms with Crippen molar-refractivity contribution in [3.63, 3.8) is 0 Å². The average molecular weight is 363 g/mol. The summed E-state index contributed by atoms with van der Waals surface area (Å²) >= 11 is 0. The highest BCUT2D eigenvalue weighted by molar-refractivity contribution is 6.00. The summed E-state index contributed by atoms with van der Waals surface area (Å²) in [5, 5.41) is 0. The van der Waals surface area contributed by atoms with Crippen molar-refractivity contribution in [2.45, 2.75) is 97.3 Å². The largest absolute Gasteiger partial charge is 0.462 e. The fourth-order valence-corrected chi connectivity index (χ4v) is 3.34.